The quantitative estimate of drug-likeness (QED) is 0.650. The van der Waals surface area contributed by atoms with Gasteiger partial charge in [-0.3, -0.25) is 10.1 Å². The molecule has 0 unspecified atom stereocenters. The van der Waals surface area contributed by atoms with E-state index in [1.165, 1.54) is 13.2 Å². The number of nitro benzene ring substituents is 1. The number of ether oxygens (including phenoxy) is 1. The first-order valence-corrected chi connectivity index (χ1v) is 5.79. The fourth-order valence-corrected chi connectivity index (χ4v) is 2.08. The van der Waals surface area contributed by atoms with Crippen LogP contribution in [0.4, 0.5) is 11.4 Å². The van der Waals surface area contributed by atoms with E-state index in [4.69, 9.17) is 4.74 Å². The summed E-state index contributed by atoms with van der Waals surface area (Å²) in [5.74, 6) is 0.240. The first kappa shape index (κ1) is 12.6. The van der Waals surface area contributed by atoms with Crippen molar-refractivity contribution in [3.05, 3.63) is 28.3 Å². The second kappa shape index (κ2) is 4.45. The zero-order valence-corrected chi connectivity index (χ0v) is 10.4. The summed E-state index contributed by atoms with van der Waals surface area (Å²) in [5, 5.41) is 20.7. The molecule has 0 bridgehead atoms. The monoisotopic (exact) mass is 252 g/mol. The van der Waals surface area contributed by atoms with E-state index in [1.807, 2.05) is 11.8 Å². The van der Waals surface area contributed by atoms with Gasteiger partial charge < -0.3 is 14.7 Å². The molecule has 1 aliphatic heterocycles. The highest BCUT2D eigenvalue weighted by Crippen LogP contribution is 2.35. The van der Waals surface area contributed by atoms with Gasteiger partial charge in [0.15, 0.2) is 5.75 Å². The van der Waals surface area contributed by atoms with E-state index in [2.05, 4.69) is 0 Å². The van der Waals surface area contributed by atoms with Crippen LogP contribution in [0.25, 0.3) is 0 Å². The predicted molar refractivity (Wildman–Crippen MR) is 67.1 cm³/mol. The molecule has 1 N–H and O–H groups in total. The van der Waals surface area contributed by atoms with Crippen LogP contribution in [0, 0.1) is 10.1 Å². The molecule has 6 heteroatoms. The van der Waals surface area contributed by atoms with Gasteiger partial charge in [0.25, 0.3) is 0 Å². The van der Waals surface area contributed by atoms with Crippen molar-refractivity contribution in [2.45, 2.75) is 18.9 Å². The van der Waals surface area contributed by atoms with Crippen molar-refractivity contribution in [2.75, 3.05) is 25.1 Å². The topological polar surface area (TPSA) is 75.8 Å². The summed E-state index contributed by atoms with van der Waals surface area (Å²) < 4.78 is 5.01. The third-order valence-electron chi connectivity index (χ3n) is 3.35. The molecule has 1 aromatic carbocycles. The Morgan fingerprint density at radius 2 is 2.22 bits per heavy atom. The van der Waals surface area contributed by atoms with Gasteiger partial charge in [0, 0.05) is 30.9 Å². The lowest BCUT2D eigenvalue weighted by Gasteiger charge is -2.47. The second-order valence-electron chi connectivity index (χ2n) is 4.55. The number of hydrogen-bond donors (Lipinski definition) is 1. The summed E-state index contributed by atoms with van der Waals surface area (Å²) in [5.41, 5.74) is 0.151. The van der Waals surface area contributed by atoms with E-state index >= 15 is 0 Å². The lowest BCUT2D eigenvalue weighted by molar-refractivity contribution is -0.385. The predicted octanol–water partition coefficient (Wildman–Crippen LogP) is 1.56. The lowest BCUT2D eigenvalue weighted by atomic mass is 9.91. The number of aliphatic hydroxyl groups is 1. The molecule has 0 saturated carbocycles. The van der Waals surface area contributed by atoms with Crippen molar-refractivity contribution in [3.63, 3.8) is 0 Å². The van der Waals surface area contributed by atoms with Crippen LogP contribution in [0.3, 0.4) is 0 Å². The number of hydrogen-bond acceptors (Lipinski definition) is 5. The molecule has 1 fully saturated rings. The van der Waals surface area contributed by atoms with Gasteiger partial charge in [-0.1, -0.05) is 6.92 Å². The highest BCUT2D eigenvalue weighted by molar-refractivity contribution is 5.60. The Balaban J connectivity index is 2.19. The first-order valence-electron chi connectivity index (χ1n) is 5.79. The fourth-order valence-electron chi connectivity index (χ4n) is 2.08. The Hall–Kier alpha value is -1.82. The Kier molecular flexibility index (Phi) is 3.13. The van der Waals surface area contributed by atoms with E-state index in [1.54, 1.807) is 12.1 Å². The van der Waals surface area contributed by atoms with Crippen molar-refractivity contribution in [3.8, 4) is 5.75 Å². The number of nitrogens with zero attached hydrogens (tertiary/aromatic N) is 2. The zero-order chi connectivity index (χ0) is 13.3. The number of β-amino-alcohol motifs (C(OH)–C–C–N with tert-alkyl or cyclic N) is 1. The van der Waals surface area contributed by atoms with Crippen LogP contribution < -0.4 is 9.64 Å². The third-order valence-corrected chi connectivity index (χ3v) is 3.35. The number of benzene rings is 1. The van der Waals surface area contributed by atoms with E-state index in [0.29, 0.717) is 19.5 Å². The fraction of sp³-hybridized carbons (Fsp3) is 0.500. The molecule has 1 aliphatic rings. The lowest BCUT2D eigenvalue weighted by Crippen LogP contribution is -2.61. The first-order chi connectivity index (χ1) is 8.49. The van der Waals surface area contributed by atoms with Gasteiger partial charge in [0.2, 0.25) is 0 Å². The van der Waals surface area contributed by atoms with Crippen molar-refractivity contribution in [1.82, 2.24) is 0 Å². The summed E-state index contributed by atoms with van der Waals surface area (Å²) in [7, 11) is 1.41. The van der Waals surface area contributed by atoms with Crippen LogP contribution in [0.5, 0.6) is 5.75 Å². The van der Waals surface area contributed by atoms with Crippen LogP contribution >= 0.6 is 0 Å². The second-order valence-corrected chi connectivity index (χ2v) is 4.55. The summed E-state index contributed by atoms with van der Waals surface area (Å²) in [6.07, 6.45) is 0.702. The summed E-state index contributed by atoms with van der Waals surface area (Å²) in [6.45, 7) is 3.03. The van der Waals surface area contributed by atoms with Crippen LogP contribution in [-0.2, 0) is 0 Å². The van der Waals surface area contributed by atoms with Crippen molar-refractivity contribution >= 4 is 11.4 Å². The number of nitro groups is 1. The molecule has 0 radical (unpaired) electrons. The normalized spacial score (nSPS) is 17.2. The molecule has 6 nitrogen and oxygen atoms in total. The van der Waals surface area contributed by atoms with E-state index < -0.39 is 10.5 Å². The van der Waals surface area contributed by atoms with Crippen molar-refractivity contribution in [2.24, 2.45) is 0 Å². The van der Waals surface area contributed by atoms with Crippen LogP contribution in [-0.4, -0.2) is 35.8 Å². The summed E-state index contributed by atoms with van der Waals surface area (Å²) >= 11 is 0. The Labute approximate surface area is 105 Å². The molecule has 0 aromatic heterocycles. The highest BCUT2D eigenvalue weighted by Gasteiger charge is 2.39. The maximum atomic E-state index is 10.8. The van der Waals surface area contributed by atoms with E-state index in [-0.39, 0.29) is 11.4 Å². The standard InChI is InChI=1S/C12H16N2O4/c1-3-12(15)7-13(8-12)9-4-5-10(14(16)17)11(6-9)18-2/h4-6,15H,3,7-8H2,1-2H3. The van der Waals surface area contributed by atoms with Crippen LogP contribution in [0.1, 0.15) is 13.3 Å². The largest absolute Gasteiger partial charge is 0.490 e. The Bertz CT molecular complexity index is 469. The number of methoxy groups -OCH3 is 1. The summed E-state index contributed by atoms with van der Waals surface area (Å²) in [4.78, 5) is 12.3. The van der Waals surface area contributed by atoms with Crippen LogP contribution in [0.15, 0.2) is 18.2 Å². The van der Waals surface area contributed by atoms with Gasteiger partial charge >= 0.3 is 5.69 Å². The van der Waals surface area contributed by atoms with Crippen LogP contribution in [0.2, 0.25) is 0 Å². The molecule has 0 spiro atoms. The summed E-state index contributed by atoms with van der Waals surface area (Å²) in [6, 6.07) is 4.74. The minimum Gasteiger partial charge on any atom is -0.490 e. The maximum absolute atomic E-state index is 10.8. The smallest absolute Gasteiger partial charge is 0.311 e. The van der Waals surface area contributed by atoms with Gasteiger partial charge in [-0.25, -0.2) is 0 Å². The van der Waals surface area contributed by atoms with Gasteiger partial charge in [-0.2, -0.15) is 0 Å². The minimum atomic E-state index is -0.630. The van der Waals surface area contributed by atoms with Gasteiger partial charge in [-0.15, -0.1) is 0 Å². The van der Waals surface area contributed by atoms with Gasteiger partial charge in [0.1, 0.15) is 0 Å². The Morgan fingerprint density at radius 1 is 1.56 bits per heavy atom. The van der Waals surface area contributed by atoms with E-state index in [0.717, 1.165) is 5.69 Å². The maximum Gasteiger partial charge on any atom is 0.311 e. The molecule has 0 atom stereocenters. The minimum absolute atomic E-state index is 0.0486. The molecule has 98 valence electrons. The van der Waals surface area contributed by atoms with Gasteiger partial charge in [-0.05, 0) is 12.5 Å². The molecule has 0 aliphatic carbocycles. The molecular formula is C12H16N2O4. The Morgan fingerprint density at radius 3 is 2.72 bits per heavy atom. The van der Waals surface area contributed by atoms with Gasteiger partial charge in [0.05, 0.1) is 17.6 Å². The molecule has 18 heavy (non-hydrogen) atoms. The molecule has 1 saturated heterocycles. The van der Waals surface area contributed by atoms with Crippen molar-refractivity contribution < 1.29 is 14.8 Å². The number of anilines is 1. The van der Waals surface area contributed by atoms with E-state index in [9.17, 15) is 15.2 Å². The number of rotatable bonds is 4. The highest BCUT2D eigenvalue weighted by atomic mass is 16.6. The molecule has 1 aromatic rings. The molecule has 0 amide bonds. The average Bonchev–Trinajstić information content (AvgIpc) is 2.34. The molecular weight excluding hydrogens is 236 g/mol. The van der Waals surface area contributed by atoms with Crippen molar-refractivity contribution in [1.29, 1.82) is 0 Å². The SMILES string of the molecule is CCC1(O)CN(c2ccc([N+](=O)[O-])c(OC)c2)C1. The average molecular weight is 252 g/mol. The molecule has 2 rings (SSSR count). The third kappa shape index (κ3) is 2.11. The zero-order valence-electron chi connectivity index (χ0n) is 10.4. The molecule has 1 heterocycles.